The molecule has 1 aliphatic rings. The highest BCUT2D eigenvalue weighted by molar-refractivity contribution is 5.20. The number of hydrogen-bond acceptors (Lipinski definition) is 2. The molecule has 0 saturated heterocycles. The fourth-order valence-corrected chi connectivity index (χ4v) is 3.66. The molecule has 0 heterocycles. The molecule has 1 fully saturated rings. The minimum absolute atomic E-state index is 0.0701. The van der Waals surface area contributed by atoms with Gasteiger partial charge in [0.25, 0.3) is 0 Å². The van der Waals surface area contributed by atoms with Gasteiger partial charge in [-0.25, -0.2) is 8.78 Å². The molecule has 21 heavy (non-hydrogen) atoms. The van der Waals surface area contributed by atoms with Gasteiger partial charge >= 0.3 is 0 Å². The lowest BCUT2D eigenvalue weighted by Crippen LogP contribution is -2.58. The average molecular weight is 296 g/mol. The first kappa shape index (κ1) is 16.4. The van der Waals surface area contributed by atoms with Crippen LogP contribution >= 0.6 is 0 Å². The molecule has 4 heteroatoms. The zero-order chi connectivity index (χ0) is 15.5. The standard InChI is InChI=1S/C17H26F2N2/c1-21(2)17(7-5-3-4-6-8-17)16(20)11-13-9-14(18)12-15(19)10-13/h9-10,12,16H,3-8,11,20H2,1-2H3. The Hall–Kier alpha value is -1.00. The molecule has 2 N–H and O–H groups in total. The lowest BCUT2D eigenvalue weighted by molar-refractivity contribution is 0.0967. The topological polar surface area (TPSA) is 29.3 Å². The summed E-state index contributed by atoms with van der Waals surface area (Å²) in [6.07, 6.45) is 7.45. The Morgan fingerprint density at radius 3 is 2.05 bits per heavy atom. The first-order chi connectivity index (χ1) is 9.94. The maximum absolute atomic E-state index is 13.3. The zero-order valence-corrected chi connectivity index (χ0v) is 13.0. The van der Waals surface area contributed by atoms with E-state index < -0.39 is 11.6 Å². The number of hydrogen-bond donors (Lipinski definition) is 1. The van der Waals surface area contributed by atoms with Crippen LogP contribution in [0.3, 0.4) is 0 Å². The highest BCUT2D eigenvalue weighted by Crippen LogP contribution is 2.34. The molecule has 1 aliphatic carbocycles. The van der Waals surface area contributed by atoms with E-state index in [0.717, 1.165) is 18.9 Å². The van der Waals surface area contributed by atoms with Crippen LogP contribution < -0.4 is 5.73 Å². The van der Waals surface area contributed by atoms with Crippen LogP contribution in [0.4, 0.5) is 8.78 Å². The van der Waals surface area contributed by atoms with Crippen molar-refractivity contribution >= 4 is 0 Å². The fraction of sp³-hybridized carbons (Fsp3) is 0.647. The number of nitrogens with zero attached hydrogens (tertiary/aromatic N) is 1. The summed E-state index contributed by atoms with van der Waals surface area (Å²) < 4.78 is 26.7. The summed E-state index contributed by atoms with van der Waals surface area (Å²) in [4.78, 5) is 2.22. The number of halogens is 2. The molecule has 0 aliphatic heterocycles. The fourth-order valence-electron chi connectivity index (χ4n) is 3.66. The summed E-state index contributed by atoms with van der Waals surface area (Å²) in [5, 5.41) is 0. The second-order valence-corrected chi connectivity index (χ2v) is 6.50. The Balaban J connectivity index is 2.20. The summed E-state index contributed by atoms with van der Waals surface area (Å²) in [7, 11) is 4.13. The molecule has 2 nitrogen and oxygen atoms in total. The number of benzene rings is 1. The first-order valence-corrected chi connectivity index (χ1v) is 7.82. The van der Waals surface area contributed by atoms with E-state index in [1.54, 1.807) is 0 Å². The maximum Gasteiger partial charge on any atom is 0.126 e. The second kappa shape index (κ2) is 6.84. The maximum atomic E-state index is 13.3. The molecule has 1 unspecified atom stereocenters. The van der Waals surface area contributed by atoms with Crippen molar-refractivity contribution in [1.29, 1.82) is 0 Å². The van der Waals surface area contributed by atoms with E-state index in [1.807, 2.05) is 0 Å². The van der Waals surface area contributed by atoms with Gasteiger partial charge in [-0.05, 0) is 51.1 Å². The van der Waals surface area contributed by atoms with Crippen LogP contribution in [0.2, 0.25) is 0 Å². The second-order valence-electron chi connectivity index (χ2n) is 6.50. The van der Waals surface area contributed by atoms with Gasteiger partial charge in [0, 0.05) is 17.6 Å². The van der Waals surface area contributed by atoms with Crippen LogP contribution in [0.15, 0.2) is 18.2 Å². The monoisotopic (exact) mass is 296 g/mol. The van der Waals surface area contributed by atoms with Crippen LogP contribution in [0.5, 0.6) is 0 Å². The summed E-state index contributed by atoms with van der Waals surface area (Å²) in [5.41, 5.74) is 7.07. The summed E-state index contributed by atoms with van der Waals surface area (Å²) in [5.74, 6) is -1.06. The molecule has 0 bridgehead atoms. The Morgan fingerprint density at radius 1 is 1.05 bits per heavy atom. The molecule has 2 rings (SSSR count). The molecule has 0 spiro atoms. The predicted molar refractivity (Wildman–Crippen MR) is 82.2 cm³/mol. The van der Waals surface area contributed by atoms with Crippen LogP contribution in [0.1, 0.15) is 44.1 Å². The van der Waals surface area contributed by atoms with Gasteiger partial charge in [0.2, 0.25) is 0 Å². The van der Waals surface area contributed by atoms with Crippen molar-refractivity contribution in [3.8, 4) is 0 Å². The van der Waals surface area contributed by atoms with E-state index in [-0.39, 0.29) is 11.6 Å². The Labute approximate surface area is 126 Å². The SMILES string of the molecule is CN(C)C1(C(N)Cc2cc(F)cc(F)c2)CCCCCC1. The molecular weight excluding hydrogens is 270 g/mol. The van der Waals surface area contributed by atoms with E-state index in [4.69, 9.17) is 5.73 Å². The number of nitrogens with two attached hydrogens (primary N) is 1. The Bertz CT molecular complexity index is 446. The molecule has 0 radical (unpaired) electrons. The first-order valence-electron chi connectivity index (χ1n) is 7.82. The van der Waals surface area contributed by atoms with Gasteiger partial charge in [-0.1, -0.05) is 25.7 Å². The smallest absolute Gasteiger partial charge is 0.126 e. The molecule has 0 amide bonds. The van der Waals surface area contributed by atoms with Crippen LogP contribution in [-0.4, -0.2) is 30.6 Å². The van der Waals surface area contributed by atoms with E-state index in [2.05, 4.69) is 19.0 Å². The third-order valence-electron chi connectivity index (χ3n) is 4.93. The van der Waals surface area contributed by atoms with Gasteiger partial charge in [0.05, 0.1) is 0 Å². The molecule has 1 aromatic carbocycles. The third kappa shape index (κ3) is 3.80. The summed E-state index contributed by atoms with van der Waals surface area (Å²) >= 11 is 0. The molecular formula is C17H26F2N2. The summed E-state index contributed by atoms with van der Waals surface area (Å²) in [6, 6.07) is 3.57. The molecule has 118 valence electrons. The quantitative estimate of drug-likeness (QED) is 0.862. The largest absolute Gasteiger partial charge is 0.326 e. The van der Waals surface area contributed by atoms with E-state index in [0.29, 0.717) is 12.0 Å². The normalized spacial score (nSPS) is 20.3. The summed E-state index contributed by atoms with van der Waals surface area (Å²) in [6.45, 7) is 0. The Morgan fingerprint density at radius 2 is 1.57 bits per heavy atom. The molecule has 1 saturated carbocycles. The average Bonchev–Trinajstić information content (AvgIpc) is 2.63. The van der Waals surface area contributed by atoms with E-state index >= 15 is 0 Å². The minimum atomic E-state index is -0.531. The van der Waals surface area contributed by atoms with Crippen LogP contribution in [0.25, 0.3) is 0 Å². The van der Waals surface area contributed by atoms with Gasteiger partial charge in [-0.15, -0.1) is 0 Å². The van der Waals surface area contributed by atoms with Crippen LogP contribution in [0, 0.1) is 11.6 Å². The van der Waals surface area contributed by atoms with Gasteiger partial charge in [0.15, 0.2) is 0 Å². The lowest BCUT2D eigenvalue weighted by Gasteiger charge is -2.44. The van der Waals surface area contributed by atoms with Crippen molar-refractivity contribution in [2.45, 2.75) is 56.5 Å². The van der Waals surface area contributed by atoms with Crippen molar-refractivity contribution < 1.29 is 8.78 Å². The number of rotatable bonds is 4. The van der Waals surface area contributed by atoms with Crippen molar-refractivity contribution in [2.24, 2.45) is 5.73 Å². The Kier molecular flexibility index (Phi) is 5.33. The third-order valence-corrected chi connectivity index (χ3v) is 4.93. The van der Waals surface area contributed by atoms with Gasteiger partial charge < -0.3 is 10.6 Å². The van der Waals surface area contributed by atoms with Crippen molar-refractivity contribution in [1.82, 2.24) is 4.90 Å². The molecule has 1 aromatic rings. The lowest BCUT2D eigenvalue weighted by atomic mass is 9.79. The predicted octanol–water partition coefficient (Wildman–Crippen LogP) is 3.49. The highest BCUT2D eigenvalue weighted by atomic mass is 19.1. The van der Waals surface area contributed by atoms with Crippen LogP contribution in [-0.2, 0) is 6.42 Å². The zero-order valence-electron chi connectivity index (χ0n) is 13.0. The van der Waals surface area contributed by atoms with Crippen molar-refractivity contribution in [3.05, 3.63) is 35.4 Å². The minimum Gasteiger partial charge on any atom is -0.326 e. The van der Waals surface area contributed by atoms with Gasteiger partial charge in [-0.3, -0.25) is 0 Å². The van der Waals surface area contributed by atoms with E-state index in [1.165, 1.54) is 37.8 Å². The highest BCUT2D eigenvalue weighted by Gasteiger charge is 2.38. The molecule has 1 atom stereocenters. The van der Waals surface area contributed by atoms with Gasteiger partial charge in [0.1, 0.15) is 11.6 Å². The van der Waals surface area contributed by atoms with Crippen molar-refractivity contribution in [3.63, 3.8) is 0 Å². The van der Waals surface area contributed by atoms with E-state index in [9.17, 15) is 8.78 Å². The van der Waals surface area contributed by atoms with Gasteiger partial charge in [-0.2, -0.15) is 0 Å². The molecule has 0 aromatic heterocycles. The number of likely N-dealkylation sites (N-methyl/N-ethyl adjacent to an activating group) is 1. The van der Waals surface area contributed by atoms with Crippen molar-refractivity contribution in [2.75, 3.05) is 14.1 Å².